The number of nitrogens with one attached hydrogen (secondary N) is 1. The summed E-state index contributed by atoms with van der Waals surface area (Å²) in [7, 11) is 0. The van der Waals surface area contributed by atoms with Gasteiger partial charge in [0, 0.05) is 5.38 Å². The number of aliphatic carboxylic acids is 1. The number of aryl methyl sites for hydroxylation is 1. The summed E-state index contributed by atoms with van der Waals surface area (Å²) in [5.74, 6) is -0.266. The highest BCUT2D eigenvalue weighted by atomic mass is 32.1. The molecular formula is C17H20N2O4S. The number of carbonyl (C=O) groups is 2. The molecule has 0 aliphatic carbocycles. The van der Waals surface area contributed by atoms with Crippen molar-refractivity contribution in [1.82, 2.24) is 10.3 Å². The van der Waals surface area contributed by atoms with Crippen molar-refractivity contribution in [2.24, 2.45) is 0 Å². The minimum Gasteiger partial charge on any atom is -0.491 e. The standard InChI is InChI=1S/C17H20N2O4S/c1-11-4-3-5-14(12(11)2)23-7-6-18-15(20)9-16-19-13(10-24-16)8-17(21)22/h3-5,10H,6-9H2,1-2H3,(H,18,20)(H,21,22). The Morgan fingerprint density at radius 2 is 2.08 bits per heavy atom. The van der Waals surface area contributed by atoms with Crippen LogP contribution < -0.4 is 10.1 Å². The van der Waals surface area contributed by atoms with Gasteiger partial charge in [-0.3, -0.25) is 9.59 Å². The number of benzene rings is 1. The molecule has 0 radical (unpaired) electrons. The average Bonchev–Trinajstić information content (AvgIpc) is 2.93. The molecule has 24 heavy (non-hydrogen) atoms. The molecule has 2 aromatic rings. The summed E-state index contributed by atoms with van der Waals surface area (Å²) in [4.78, 5) is 26.6. The molecule has 0 spiro atoms. The first-order chi connectivity index (χ1) is 11.5. The maximum Gasteiger partial charge on any atom is 0.309 e. The van der Waals surface area contributed by atoms with Crippen LogP contribution in [0, 0.1) is 13.8 Å². The molecule has 0 bridgehead atoms. The zero-order chi connectivity index (χ0) is 17.5. The third-order valence-electron chi connectivity index (χ3n) is 3.48. The lowest BCUT2D eigenvalue weighted by atomic mass is 10.1. The van der Waals surface area contributed by atoms with Crippen molar-refractivity contribution in [2.45, 2.75) is 26.7 Å². The van der Waals surface area contributed by atoms with Crippen LogP contribution in [-0.4, -0.2) is 35.1 Å². The molecule has 1 aromatic carbocycles. The van der Waals surface area contributed by atoms with Crippen LogP contribution in [0.15, 0.2) is 23.6 Å². The van der Waals surface area contributed by atoms with Crippen molar-refractivity contribution in [3.8, 4) is 5.75 Å². The van der Waals surface area contributed by atoms with Gasteiger partial charge in [0.25, 0.3) is 0 Å². The Balaban J connectivity index is 1.72. The first-order valence-electron chi connectivity index (χ1n) is 7.56. The monoisotopic (exact) mass is 348 g/mol. The van der Waals surface area contributed by atoms with Gasteiger partial charge in [-0.1, -0.05) is 12.1 Å². The molecule has 0 atom stereocenters. The van der Waals surface area contributed by atoms with E-state index in [0.717, 1.165) is 16.9 Å². The second-order valence-corrected chi connectivity index (χ2v) is 6.32. The molecule has 0 aliphatic rings. The van der Waals surface area contributed by atoms with Crippen molar-refractivity contribution in [3.05, 3.63) is 45.4 Å². The van der Waals surface area contributed by atoms with Crippen LogP contribution in [0.1, 0.15) is 21.8 Å². The summed E-state index contributed by atoms with van der Waals surface area (Å²) in [6, 6.07) is 5.87. The molecule has 2 rings (SSSR count). The number of amides is 1. The van der Waals surface area contributed by atoms with Crippen LogP contribution in [-0.2, 0) is 22.4 Å². The molecule has 128 valence electrons. The summed E-state index contributed by atoms with van der Waals surface area (Å²) < 4.78 is 5.67. The largest absolute Gasteiger partial charge is 0.491 e. The van der Waals surface area contributed by atoms with Crippen LogP contribution in [0.3, 0.4) is 0 Å². The van der Waals surface area contributed by atoms with Gasteiger partial charge in [-0.2, -0.15) is 0 Å². The molecule has 0 fully saturated rings. The fourth-order valence-electron chi connectivity index (χ4n) is 2.10. The van der Waals surface area contributed by atoms with E-state index in [1.165, 1.54) is 11.3 Å². The predicted molar refractivity (Wildman–Crippen MR) is 91.6 cm³/mol. The molecule has 0 unspecified atom stereocenters. The van der Waals surface area contributed by atoms with Gasteiger partial charge in [-0.15, -0.1) is 11.3 Å². The van der Waals surface area contributed by atoms with Crippen LogP contribution in [0.4, 0.5) is 0 Å². The minimum atomic E-state index is -0.931. The zero-order valence-electron chi connectivity index (χ0n) is 13.7. The third kappa shape index (κ3) is 5.34. The zero-order valence-corrected chi connectivity index (χ0v) is 14.5. The number of hydrogen-bond acceptors (Lipinski definition) is 5. The Kier molecular flexibility index (Phi) is 6.31. The van der Waals surface area contributed by atoms with E-state index in [0.29, 0.717) is 23.9 Å². The number of carboxylic acids is 1. The van der Waals surface area contributed by atoms with E-state index in [1.54, 1.807) is 5.38 Å². The van der Waals surface area contributed by atoms with Gasteiger partial charge < -0.3 is 15.2 Å². The van der Waals surface area contributed by atoms with E-state index in [2.05, 4.69) is 10.3 Å². The van der Waals surface area contributed by atoms with Gasteiger partial charge in [0.2, 0.25) is 5.91 Å². The molecule has 0 aliphatic heterocycles. The second kappa shape index (κ2) is 8.44. The van der Waals surface area contributed by atoms with E-state index in [4.69, 9.17) is 9.84 Å². The van der Waals surface area contributed by atoms with E-state index in [1.807, 2.05) is 32.0 Å². The number of nitrogens with zero attached hydrogens (tertiary/aromatic N) is 1. The van der Waals surface area contributed by atoms with E-state index in [9.17, 15) is 9.59 Å². The van der Waals surface area contributed by atoms with Crippen LogP contribution >= 0.6 is 11.3 Å². The lowest BCUT2D eigenvalue weighted by Gasteiger charge is -2.11. The first kappa shape index (κ1) is 17.9. The van der Waals surface area contributed by atoms with Crippen molar-refractivity contribution in [2.75, 3.05) is 13.2 Å². The highest BCUT2D eigenvalue weighted by molar-refractivity contribution is 7.09. The van der Waals surface area contributed by atoms with Crippen molar-refractivity contribution in [1.29, 1.82) is 0 Å². The number of carboxylic acid groups (broad SMARTS) is 1. The summed E-state index contributed by atoms with van der Waals surface area (Å²) in [6.07, 6.45) is 0.0234. The Hall–Kier alpha value is -2.41. The topological polar surface area (TPSA) is 88.5 Å². The number of ether oxygens (including phenoxy) is 1. The van der Waals surface area contributed by atoms with Gasteiger partial charge in [0.15, 0.2) is 0 Å². The SMILES string of the molecule is Cc1cccc(OCCNC(=O)Cc2nc(CC(=O)O)cs2)c1C. The number of rotatable bonds is 8. The van der Waals surface area contributed by atoms with Crippen LogP contribution in [0.5, 0.6) is 5.75 Å². The quantitative estimate of drug-likeness (QED) is 0.714. The number of thiazole rings is 1. The number of aromatic nitrogens is 1. The molecule has 0 saturated heterocycles. The Morgan fingerprint density at radius 3 is 2.83 bits per heavy atom. The van der Waals surface area contributed by atoms with Gasteiger partial charge in [-0.05, 0) is 31.0 Å². The summed E-state index contributed by atoms with van der Waals surface area (Å²) in [5.41, 5.74) is 2.74. The fraction of sp³-hybridized carbons (Fsp3) is 0.353. The fourth-order valence-corrected chi connectivity index (χ4v) is 2.89. The summed E-state index contributed by atoms with van der Waals surface area (Å²) >= 11 is 1.29. The van der Waals surface area contributed by atoms with Gasteiger partial charge in [0.1, 0.15) is 17.4 Å². The maximum absolute atomic E-state index is 11.9. The lowest BCUT2D eigenvalue weighted by molar-refractivity contribution is -0.136. The average molecular weight is 348 g/mol. The number of carbonyl (C=O) groups excluding carboxylic acids is 1. The minimum absolute atomic E-state index is 0.123. The van der Waals surface area contributed by atoms with Crippen molar-refractivity contribution in [3.63, 3.8) is 0 Å². The summed E-state index contributed by atoms with van der Waals surface area (Å²) in [6.45, 7) is 4.81. The first-order valence-corrected chi connectivity index (χ1v) is 8.44. The molecule has 7 heteroatoms. The third-order valence-corrected chi connectivity index (χ3v) is 4.38. The predicted octanol–water partition coefficient (Wildman–Crippen LogP) is 2.12. The van der Waals surface area contributed by atoms with Crippen molar-refractivity contribution < 1.29 is 19.4 Å². The Labute approximate surface area is 144 Å². The molecule has 0 saturated carbocycles. The molecule has 2 N–H and O–H groups in total. The van der Waals surface area contributed by atoms with Gasteiger partial charge >= 0.3 is 5.97 Å². The van der Waals surface area contributed by atoms with Crippen LogP contribution in [0.25, 0.3) is 0 Å². The second-order valence-electron chi connectivity index (χ2n) is 5.38. The maximum atomic E-state index is 11.9. The molecular weight excluding hydrogens is 328 g/mol. The van der Waals surface area contributed by atoms with E-state index >= 15 is 0 Å². The number of hydrogen-bond donors (Lipinski definition) is 2. The normalized spacial score (nSPS) is 10.4. The van der Waals surface area contributed by atoms with Gasteiger partial charge in [0.05, 0.1) is 25.1 Å². The van der Waals surface area contributed by atoms with E-state index < -0.39 is 5.97 Å². The van der Waals surface area contributed by atoms with Crippen LogP contribution in [0.2, 0.25) is 0 Å². The molecule has 1 heterocycles. The van der Waals surface area contributed by atoms with E-state index in [-0.39, 0.29) is 18.7 Å². The Morgan fingerprint density at radius 1 is 1.29 bits per heavy atom. The smallest absolute Gasteiger partial charge is 0.309 e. The van der Waals surface area contributed by atoms with Crippen molar-refractivity contribution >= 4 is 23.2 Å². The highest BCUT2D eigenvalue weighted by Crippen LogP contribution is 2.20. The summed E-state index contributed by atoms with van der Waals surface area (Å²) in [5, 5.41) is 13.8. The van der Waals surface area contributed by atoms with Gasteiger partial charge in [-0.25, -0.2) is 4.98 Å². The highest BCUT2D eigenvalue weighted by Gasteiger charge is 2.10. The lowest BCUT2D eigenvalue weighted by Crippen LogP contribution is -2.29. The molecule has 6 nitrogen and oxygen atoms in total. The molecule has 1 amide bonds. The Bertz CT molecular complexity index is 727. The molecule has 1 aromatic heterocycles.